The molecule has 1 N–H and O–H groups in total. The van der Waals surface area contributed by atoms with Crippen LogP contribution in [0.25, 0.3) is 0 Å². The molecule has 3 aromatic rings. The van der Waals surface area contributed by atoms with Gasteiger partial charge in [0.2, 0.25) is 0 Å². The maximum Gasteiger partial charge on any atom is 0.573 e. The van der Waals surface area contributed by atoms with Crippen LogP contribution in [0, 0.1) is 0 Å². The van der Waals surface area contributed by atoms with E-state index in [-0.39, 0.29) is 23.5 Å². The maximum absolute atomic E-state index is 13.2. The molecule has 0 saturated carbocycles. The largest absolute Gasteiger partial charge is 0.573 e. The highest BCUT2D eigenvalue weighted by Crippen LogP contribution is 2.42. The van der Waals surface area contributed by atoms with E-state index in [9.17, 15) is 27.9 Å². The fraction of sp³-hybridized carbons (Fsp3) is 0.154. The average Bonchev–Trinajstić information content (AvgIpc) is 3.09. The van der Waals surface area contributed by atoms with Gasteiger partial charge < -0.3 is 9.84 Å². The van der Waals surface area contributed by atoms with Gasteiger partial charge in [-0.3, -0.25) is 14.5 Å². The molecule has 1 unspecified atom stereocenters. The van der Waals surface area contributed by atoms with E-state index in [1.807, 2.05) is 30.3 Å². The van der Waals surface area contributed by atoms with Gasteiger partial charge in [-0.1, -0.05) is 60.7 Å². The van der Waals surface area contributed by atoms with Gasteiger partial charge in [0, 0.05) is 12.1 Å². The second-order valence-corrected chi connectivity index (χ2v) is 7.70. The van der Waals surface area contributed by atoms with Crippen LogP contribution in [0.5, 0.6) is 5.75 Å². The Hall–Kier alpha value is -4.07. The van der Waals surface area contributed by atoms with Crippen LogP contribution < -0.4 is 9.64 Å². The van der Waals surface area contributed by atoms with Gasteiger partial charge in [-0.25, -0.2) is 0 Å². The molecule has 1 amide bonds. The smallest absolute Gasteiger partial charge is 0.503 e. The summed E-state index contributed by atoms with van der Waals surface area (Å²) in [4.78, 5) is 27.5. The van der Waals surface area contributed by atoms with E-state index < -0.39 is 29.8 Å². The number of ketones is 1. The van der Waals surface area contributed by atoms with Crippen molar-refractivity contribution < 1.29 is 32.6 Å². The van der Waals surface area contributed by atoms with E-state index in [1.165, 1.54) is 17.0 Å². The van der Waals surface area contributed by atoms with E-state index in [0.717, 1.165) is 17.7 Å². The molecular formula is C26H20F3NO4. The van der Waals surface area contributed by atoms with Crippen molar-refractivity contribution in [3.63, 3.8) is 0 Å². The van der Waals surface area contributed by atoms with Gasteiger partial charge in [0.1, 0.15) is 5.75 Å². The van der Waals surface area contributed by atoms with Crippen LogP contribution in [-0.2, 0) is 16.0 Å². The molecule has 0 aromatic heterocycles. The lowest BCUT2D eigenvalue weighted by Gasteiger charge is -2.27. The van der Waals surface area contributed by atoms with Crippen LogP contribution in [0.3, 0.4) is 0 Å². The fourth-order valence-corrected chi connectivity index (χ4v) is 3.95. The molecule has 1 atom stereocenters. The van der Waals surface area contributed by atoms with Crippen LogP contribution in [0.15, 0.2) is 96.3 Å². The number of nitrogens with zero attached hydrogens (tertiary/aromatic N) is 1. The summed E-state index contributed by atoms with van der Waals surface area (Å²) in [7, 11) is 0. The minimum atomic E-state index is -4.85. The van der Waals surface area contributed by atoms with Crippen LogP contribution in [0.4, 0.5) is 18.9 Å². The summed E-state index contributed by atoms with van der Waals surface area (Å²) in [6.45, 7) is 0. The minimum Gasteiger partial charge on any atom is -0.503 e. The Morgan fingerprint density at radius 1 is 0.912 bits per heavy atom. The zero-order valence-electron chi connectivity index (χ0n) is 17.8. The molecule has 4 rings (SSSR count). The first kappa shape index (κ1) is 23.1. The zero-order valence-corrected chi connectivity index (χ0v) is 17.8. The van der Waals surface area contributed by atoms with Crippen molar-refractivity contribution in [1.29, 1.82) is 0 Å². The first-order chi connectivity index (χ1) is 16.2. The summed E-state index contributed by atoms with van der Waals surface area (Å²) in [6.07, 6.45) is -4.35. The molecule has 1 aliphatic rings. The van der Waals surface area contributed by atoms with Crippen molar-refractivity contribution in [3.8, 4) is 5.75 Å². The number of anilines is 1. The van der Waals surface area contributed by atoms with Crippen molar-refractivity contribution in [2.24, 2.45) is 0 Å². The number of hydrogen-bond acceptors (Lipinski definition) is 4. The van der Waals surface area contributed by atoms with Gasteiger partial charge in [0.05, 0.1) is 11.6 Å². The van der Waals surface area contributed by atoms with Crippen LogP contribution >= 0.6 is 0 Å². The van der Waals surface area contributed by atoms with E-state index in [1.54, 1.807) is 30.3 Å². The molecule has 0 radical (unpaired) electrons. The number of aliphatic hydroxyl groups excluding tert-OH is 1. The van der Waals surface area contributed by atoms with Gasteiger partial charge in [-0.15, -0.1) is 13.2 Å². The number of aliphatic hydroxyl groups is 1. The molecule has 5 nitrogen and oxygen atoms in total. The number of aryl methyl sites for hydroxylation is 1. The average molecular weight is 467 g/mol. The van der Waals surface area contributed by atoms with Gasteiger partial charge >= 0.3 is 6.36 Å². The second-order valence-electron chi connectivity index (χ2n) is 7.70. The third-order valence-corrected chi connectivity index (χ3v) is 5.46. The molecule has 174 valence electrons. The topological polar surface area (TPSA) is 66.8 Å². The number of hydrogen-bond donors (Lipinski definition) is 1. The number of carbonyl (C=O) groups excluding carboxylic acids is 2. The van der Waals surface area contributed by atoms with E-state index in [4.69, 9.17) is 0 Å². The number of amides is 1. The lowest BCUT2D eigenvalue weighted by Crippen LogP contribution is -2.31. The van der Waals surface area contributed by atoms with Crippen LogP contribution in [0.2, 0.25) is 0 Å². The number of ether oxygens (including phenoxy) is 1. The van der Waals surface area contributed by atoms with Crippen LogP contribution in [-0.4, -0.2) is 23.2 Å². The molecule has 0 saturated heterocycles. The molecule has 3 aromatic carbocycles. The standard InChI is InChI=1S/C26H20F3NO4/c27-26(28,29)34-20-14-12-19(13-15-20)30-23(18-9-5-2-6-10-18)22(24(32)25(30)33)21(31)16-11-17-7-3-1-4-8-17/h1-10,12-15,23,32H,11,16H2. The third kappa shape index (κ3) is 4.96. The molecule has 1 aliphatic heterocycles. The number of carbonyl (C=O) groups is 2. The maximum atomic E-state index is 13.2. The monoisotopic (exact) mass is 467 g/mol. The highest BCUT2D eigenvalue weighted by Gasteiger charge is 2.44. The Labute approximate surface area is 193 Å². The Kier molecular flexibility index (Phi) is 6.40. The van der Waals surface area contributed by atoms with E-state index in [0.29, 0.717) is 12.0 Å². The molecule has 0 bridgehead atoms. The van der Waals surface area contributed by atoms with Gasteiger partial charge in [0.25, 0.3) is 5.91 Å². The molecule has 8 heteroatoms. The Balaban J connectivity index is 1.66. The Morgan fingerprint density at radius 2 is 1.50 bits per heavy atom. The fourth-order valence-electron chi connectivity index (χ4n) is 3.95. The third-order valence-electron chi connectivity index (χ3n) is 5.46. The molecular weight excluding hydrogens is 447 g/mol. The van der Waals surface area contributed by atoms with Crippen molar-refractivity contribution in [3.05, 3.63) is 107 Å². The number of Topliss-reactive ketones (excluding diaryl/α,β-unsaturated/α-hetero) is 1. The molecule has 0 fully saturated rings. The first-order valence-electron chi connectivity index (χ1n) is 10.5. The molecule has 0 spiro atoms. The summed E-state index contributed by atoms with van der Waals surface area (Å²) in [5, 5.41) is 10.7. The predicted octanol–water partition coefficient (Wildman–Crippen LogP) is 5.69. The normalized spacial score (nSPS) is 16.1. The quantitative estimate of drug-likeness (QED) is 0.485. The number of benzene rings is 3. The second kappa shape index (κ2) is 9.43. The number of rotatable bonds is 7. The molecule has 0 aliphatic carbocycles. The minimum absolute atomic E-state index is 0.0391. The van der Waals surface area contributed by atoms with E-state index in [2.05, 4.69) is 4.74 Å². The summed E-state index contributed by atoms with van der Waals surface area (Å²) in [6, 6.07) is 21.8. The highest BCUT2D eigenvalue weighted by molar-refractivity contribution is 6.16. The predicted molar refractivity (Wildman–Crippen MR) is 119 cm³/mol. The first-order valence-corrected chi connectivity index (χ1v) is 10.5. The van der Waals surface area contributed by atoms with Gasteiger partial charge in [-0.05, 0) is 41.8 Å². The summed E-state index contributed by atoms with van der Waals surface area (Å²) in [5.74, 6) is -2.30. The lowest BCUT2D eigenvalue weighted by atomic mass is 9.93. The van der Waals surface area contributed by atoms with E-state index >= 15 is 0 Å². The SMILES string of the molecule is O=C(CCc1ccccc1)C1=C(O)C(=O)N(c2ccc(OC(F)(F)F)cc2)C1c1ccccc1. The lowest BCUT2D eigenvalue weighted by molar-refractivity contribution is -0.274. The van der Waals surface area contributed by atoms with Gasteiger partial charge in [-0.2, -0.15) is 0 Å². The highest BCUT2D eigenvalue weighted by atomic mass is 19.4. The van der Waals surface area contributed by atoms with Gasteiger partial charge in [0.15, 0.2) is 11.5 Å². The number of alkyl halides is 3. The van der Waals surface area contributed by atoms with Crippen molar-refractivity contribution >= 4 is 17.4 Å². The summed E-state index contributed by atoms with van der Waals surface area (Å²) < 4.78 is 41.4. The molecule has 34 heavy (non-hydrogen) atoms. The Morgan fingerprint density at radius 3 is 2.09 bits per heavy atom. The Bertz CT molecular complexity index is 1210. The van der Waals surface area contributed by atoms with Crippen LogP contribution in [0.1, 0.15) is 23.6 Å². The zero-order chi connectivity index (χ0) is 24.3. The van der Waals surface area contributed by atoms with Crippen molar-refractivity contribution in [2.75, 3.05) is 4.90 Å². The summed E-state index contributed by atoms with van der Waals surface area (Å²) in [5.41, 5.74) is 1.70. The summed E-state index contributed by atoms with van der Waals surface area (Å²) >= 11 is 0. The number of halogens is 3. The molecule has 1 heterocycles. The van der Waals surface area contributed by atoms with Crippen molar-refractivity contribution in [1.82, 2.24) is 0 Å². The van der Waals surface area contributed by atoms with Crippen molar-refractivity contribution in [2.45, 2.75) is 25.2 Å².